The first-order chi connectivity index (χ1) is 15.0. The maximum absolute atomic E-state index is 12.4. The summed E-state index contributed by atoms with van der Waals surface area (Å²) in [6.07, 6.45) is 0. The maximum atomic E-state index is 12.4. The minimum atomic E-state index is -1.19. The highest BCUT2D eigenvalue weighted by atomic mass is 32.2. The molecule has 0 aliphatic carbocycles. The number of carboxylic acid groups (broad SMARTS) is 1. The predicted octanol–water partition coefficient (Wildman–Crippen LogP) is 2.91. The van der Waals surface area contributed by atoms with Crippen LogP contribution >= 0.6 is 23.1 Å². The summed E-state index contributed by atoms with van der Waals surface area (Å²) in [4.78, 5) is 35.7. The number of hydrogen-bond donors (Lipinski definition) is 3. The Morgan fingerprint density at radius 1 is 1.06 bits per heavy atom. The van der Waals surface area contributed by atoms with Crippen molar-refractivity contribution in [2.45, 2.75) is 10.9 Å². The highest BCUT2D eigenvalue weighted by molar-refractivity contribution is 8.01. The van der Waals surface area contributed by atoms with Gasteiger partial charge in [0, 0.05) is 6.54 Å². The van der Waals surface area contributed by atoms with E-state index in [9.17, 15) is 19.5 Å². The number of benzene rings is 2. The Morgan fingerprint density at radius 2 is 1.77 bits per heavy atom. The number of rotatable bonds is 9. The average molecular weight is 459 g/mol. The standard InChI is InChI=1S/C20H18N4O5S2/c1-29-13-8-6-12(7-9-13)10-21-16(25)11-30-20-24-23-19(31-20)22-17(26)14-4-2-3-5-15(14)18(27)28/h2-9H,10-11H2,1H3,(H,21,25)(H,27,28)(H,22,23,26). The highest BCUT2D eigenvalue weighted by Gasteiger charge is 2.17. The molecule has 0 spiro atoms. The number of ether oxygens (including phenoxy) is 1. The van der Waals surface area contributed by atoms with Crippen LogP contribution in [-0.2, 0) is 11.3 Å². The van der Waals surface area contributed by atoms with Gasteiger partial charge in [-0.05, 0) is 29.8 Å². The molecule has 0 aliphatic heterocycles. The molecule has 0 bridgehead atoms. The molecule has 2 amide bonds. The number of carboxylic acids is 1. The van der Waals surface area contributed by atoms with Gasteiger partial charge in [0.15, 0.2) is 4.34 Å². The van der Waals surface area contributed by atoms with E-state index in [4.69, 9.17) is 4.74 Å². The summed E-state index contributed by atoms with van der Waals surface area (Å²) >= 11 is 2.29. The number of methoxy groups -OCH3 is 1. The molecule has 1 aromatic heterocycles. The van der Waals surface area contributed by atoms with E-state index >= 15 is 0 Å². The lowest BCUT2D eigenvalue weighted by Gasteiger charge is -2.05. The molecule has 11 heteroatoms. The van der Waals surface area contributed by atoms with Crippen molar-refractivity contribution in [2.75, 3.05) is 18.2 Å². The Hall–Kier alpha value is -3.44. The van der Waals surface area contributed by atoms with Crippen LogP contribution in [0.5, 0.6) is 5.75 Å². The van der Waals surface area contributed by atoms with Gasteiger partial charge in [-0.1, -0.05) is 47.4 Å². The van der Waals surface area contributed by atoms with Gasteiger partial charge in [0.1, 0.15) is 5.75 Å². The van der Waals surface area contributed by atoms with Crippen molar-refractivity contribution in [3.8, 4) is 5.75 Å². The molecule has 2 aromatic carbocycles. The lowest BCUT2D eigenvalue weighted by atomic mass is 10.1. The number of nitrogens with zero attached hydrogens (tertiary/aromatic N) is 2. The van der Waals surface area contributed by atoms with Crippen molar-refractivity contribution >= 4 is 46.0 Å². The maximum Gasteiger partial charge on any atom is 0.336 e. The van der Waals surface area contributed by atoms with Crippen molar-refractivity contribution in [1.29, 1.82) is 0 Å². The first-order valence-corrected chi connectivity index (χ1v) is 10.8. The summed E-state index contributed by atoms with van der Waals surface area (Å²) in [5, 5.41) is 22.6. The minimum Gasteiger partial charge on any atom is -0.497 e. The largest absolute Gasteiger partial charge is 0.497 e. The topological polar surface area (TPSA) is 131 Å². The molecule has 0 fully saturated rings. The third kappa shape index (κ3) is 6.27. The van der Waals surface area contributed by atoms with Crippen LogP contribution in [0, 0.1) is 0 Å². The van der Waals surface area contributed by atoms with E-state index in [0.29, 0.717) is 10.9 Å². The number of thioether (sulfide) groups is 1. The van der Waals surface area contributed by atoms with Crippen molar-refractivity contribution in [3.05, 3.63) is 65.2 Å². The van der Waals surface area contributed by atoms with Gasteiger partial charge in [0.2, 0.25) is 11.0 Å². The summed E-state index contributed by atoms with van der Waals surface area (Å²) in [5.41, 5.74) is 0.867. The monoisotopic (exact) mass is 458 g/mol. The molecule has 0 unspecified atom stereocenters. The lowest BCUT2D eigenvalue weighted by molar-refractivity contribution is -0.118. The van der Waals surface area contributed by atoms with Gasteiger partial charge in [0.25, 0.3) is 5.91 Å². The third-order valence-corrected chi connectivity index (χ3v) is 5.98. The summed E-state index contributed by atoms with van der Waals surface area (Å²) in [6, 6.07) is 13.3. The molecule has 0 saturated heterocycles. The van der Waals surface area contributed by atoms with Gasteiger partial charge in [-0.2, -0.15) is 0 Å². The smallest absolute Gasteiger partial charge is 0.336 e. The number of nitrogens with one attached hydrogen (secondary N) is 2. The predicted molar refractivity (Wildman–Crippen MR) is 117 cm³/mol. The van der Waals surface area contributed by atoms with Gasteiger partial charge in [-0.25, -0.2) is 4.79 Å². The van der Waals surface area contributed by atoms with Crippen LogP contribution in [-0.4, -0.2) is 46.0 Å². The van der Waals surface area contributed by atoms with Crippen LogP contribution in [0.1, 0.15) is 26.3 Å². The molecular formula is C20H18N4O5S2. The van der Waals surface area contributed by atoms with Crippen molar-refractivity contribution in [3.63, 3.8) is 0 Å². The SMILES string of the molecule is COc1ccc(CNC(=O)CSc2nnc(NC(=O)c3ccccc3C(=O)O)s2)cc1. The van der Waals surface area contributed by atoms with E-state index in [2.05, 4.69) is 20.8 Å². The Bertz CT molecular complexity index is 1090. The Labute approximate surface area is 185 Å². The second-order valence-electron chi connectivity index (χ2n) is 6.09. The highest BCUT2D eigenvalue weighted by Crippen LogP contribution is 2.26. The number of anilines is 1. The second kappa shape index (κ2) is 10.5. The summed E-state index contributed by atoms with van der Waals surface area (Å²) in [6.45, 7) is 0.393. The number of aromatic nitrogens is 2. The molecule has 3 rings (SSSR count). The third-order valence-electron chi connectivity index (χ3n) is 4.00. The summed E-state index contributed by atoms with van der Waals surface area (Å²) in [7, 11) is 1.59. The molecule has 1 heterocycles. The van der Waals surface area contributed by atoms with E-state index in [1.165, 1.54) is 23.9 Å². The molecule has 0 atom stereocenters. The summed E-state index contributed by atoms with van der Waals surface area (Å²) < 4.78 is 5.60. The van der Waals surface area contributed by atoms with Gasteiger partial charge in [0.05, 0.1) is 24.0 Å². The van der Waals surface area contributed by atoms with E-state index in [1.807, 2.05) is 24.3 Å². The number of carbonyl (C=O) groups is 3. The second-order valence-corrected chi connectivity index (χ2v) is 8.29. The number of aromatic carboxylic acids is 1. The van der Waals surface area contributed by atoms with Gasteiger partial charge >= 0.3 is 5.97 Å². The Balaban J connectivity index is 1.49. The van der Waals surface area contributed by atoms with Crippen LogP contribution in [0.4, 0.5) is 5.13 Å². The van der Waals surface area contributed by atoms with Crippen LogP contribution in [0.2, 0.25) is 0 Å². The molecule has 31 heavy (non-hydrogen) atoms. The Morgan fingerprint density at radius 3 is 2.45 bits per heavy atom. The molecule has 0 radical (unpaired) electrons. The zero-order valence-corrected chi connectivity index (χ0v) is 18.0. The van der Waals surface area contributed by atoms with E-state index in [-0.39, 0.29) is 27.9 Å². The first-order valence-electron chi connectivity index (χ1n) is 8.96. The van der Waals surface area contributed by atoms with E-state index in [0.717, 1.165) is 22.6 Å². The molecule has 3 aromatic rings. The zero-order valence-electron chi connectivity index (χ0n) is 16.3. The molecule has 9 nitrogen and oxygen atoms in total. The van der Waals surface area contributed by atoms with E-state index in [1.54, 1.807) is 19.2 Å². The normalized spacial score (nSPS) is 10.4. The number of amides is 2. The van der Waals surface area contributed by atoms with Crippen molar-refractivity contribution in [2.24, 2.45) is 0 Å². The molecule has 0 aliphatic rings. The fourth-order valence-electron chi connectivity index (χ4n) is 2.47. The molecule has 3 N–H and O–H groups in total. The molecular weight excluding hydrogens is 440 g/mol. The van der Waals surface area contributed by atoms with Crippen LogP contribution in [0.15, 0.2) is 52.9 Å². The summed E-state index contributed by atoms with van der Waals surface area (Å²) in [5.74, 6) is -1.07. The first kappa shape index (κ1) is 22.2. The van der Waals surface area contributed by atoms with Gasteiger partial charge in [-0.15, -0.1) is 10.2 Å². The fraction of sp³-hybridized carbons (Fsp3) is 0.150. The van der Waals surface area contributed by atoms with Gasteiger partial charge < -0.3 is 15.2 Å². The van der Waals surface area contributed by atoms with Crippen LogP contribution in [0.3, 0.4) is 0 Å². The van der Waals surface area contributed by atoms with Crippen LogP contribution < -0.4 is 15.4 Å². The minimum absolute atomic E-state index is 0.0253. The van der Waals surface area contributed by atoms with Crippen molar-refractivity contribution < 1.29 is 24.2 Å². The number of hydrogen-bond acceptors (Lipinski definition) is 8. The van der Waals surface area contributed by atoms with E-state index < -0.39 is 11.9 Å². The van der Waals surface area contributed by atoms with Crippen LogP contribution in [0.25, 0.3) is 0 Å². The lowest BCUT2D eigenvalue weighted by Crippen LogP contribution is -2.24. The molecule has 160 valence electrons. The molecule has 0 saturated carbocycles. The Kier molecular flexibility index (Phi) is 7.57. The average Bonchev–Trinajstić information content (AvgIpc) is 3.23. The zero-order chi connectivity index (χ0) is 22.2. The fourth-order valence-corrected chi connectivity index (χ4v) is 4.05. The van der Waals surface area contributed by atoms with Gasteiger partial charge in [-0.3, -0.25) is 14.9 Å². The quantitative estimate of drug-likeness (QED) is 0.330. The van der Waals surface area contributed by atoms with Crippen molar-refractivity contribution in [1.82, 2.24) is 15.5 Å². The number of carbonyl (C=O) groups excluding carboxylic acids is 2.